The molecule has 4 heterocycles. The summed E-state index contributed by atoms with van der Waals surface area (Å²) in [6.07, 6.45) is 0.672. The van der Waals surface area contributed by atoms with Crippen molar-refractivity contribution in [3.63, 3.8) is 0 Å². The maximum Gasteiger partial charge on any atom is 0.267 e. The molecule has 34 heavy (non-hydrogen) atoms. The number of fused-ring (bicyclic) bond motifs is 3. The summed E-state index contributed by atoms with van der Waals surface area (Å²) in [7, 11) is 0. The number of rotatable bonds is 4. The second kappa shape index (κ2) is 9.11. The summed E-state index contributed by atoms with van der Waals surface area (Å²) >= 11 is 2.87. The van der Waals surface area contributed by atoms with Crippen LogP contribution in [0.4, 0.5) is 0 Å². The van der Waals surface area contributed by atoms with E-state index in [0.29, 0.717) is 54.7 Å². The minimum atomic E-state index is -0.379. The highest BCUT2D eigenvalue weighted by molar-refractivity contribution is 8.00. The van der Waals surface area contributed by atoms with Crippen molar-refractivity contribution < 1.29 is 14.3 Å². The van der Waals surface area contributed by atoms with Crippen molar-refractivity contribution in [1.82, 2.24) is 14.5 Å². The van der Waals surface area contributed by atoms with Gasteiger partial charge in [0.05, 0.1) is 41.7 Å². The zero-order valence-electron chi connectivity index (χ0n) is 19.9. The van der Waals surface area contributed by atoms with Crippen LogP contribution in [-0.4, -0.2) is 57.5 Å². The number of nitrogens with zero attached hydrogens (tertiary/aromatic N) is 3. The molecule has 0 spiro atoms. The second-order valence-corrected chi connectivity index (χ2v) is 11.9. The smallest absolute Gasteiger partial charge is 0.267 e. The summed E-state index contributed by atoms with van der Waals surface area (Å²) in [4.78, 5) is 35.7. The number of carbonyl (C=O) groups is 1. The third-order valence-corrected chi connectivity index (χ3v) is 8.43. The first-order valence-corrected chi connectivity index (χ1v) is 13.2. The Bertz CT molecular complexity index is 1310. The van der Waals surface area contributed by atoms with E-state index >= 15 is 0 Å². The summed E-state index contributed by atoms with van der Waals surface area (Å²) < 4.78 is 13.1. The molecule has 1 amide bonds. The summed E-state index contributed by atoms with van der Waals surface area (Å²) in [6, 6.07) is 7.86. The molecule has 9 heteroatoms. The van der Waals surface area contributed by atoms with Crippen LogP contribution in [0, 0.1) is 6.92 Å². The molecule has 0 N–H and O–H groups in total. The molecule has 2 aliphatic heterocycles. The normalized spacial score (nSPS) is 18.6. The lowest BCUT2D eigenvalue weighted by molar-refractivity contribution is -0.134. The number of hydrogen-bond acceptors (Lipinski definition) is 7. The SMILES string of the molecule is Cc1cccc(-n2c(S[C@@H](C)C(=O)N3CCOCC3)nc3sc4c(c3c2=O)CC(C)(C)OC4)c1. The summed E-state index contributed by atoms with van der Waals surface area (Å²) in [5, 5.41) is 0.834. The van der Waals surface area contributed by atoms with E-state index in [-0.39, 0.29) is 22.3 Å². The first-order valence-electron chi connectivity index (χ1n) is 11.5. The van der Waals surface area contributed by atoms with Crippen LogP contribution in [0.3, 0.4) is 0 Å². The van der Waals surface area contributed by atoms with E-state index in [1.54, 1.807) is 4.57 Å². The van der Waals surface area contributed by atoms with E-state index in [1.807, 2.05) is 43.0 Å². The van der Waals surface area contributed by atoms with Gasteiger partial charge in [-0.1, -0.05) is 23.9 Å². The monoisotopic (exact) mass is 499 g/mol. The van der Waals surface area contributed by atoms with Gasteiger partial charge in [-0.2, -0.15) is 0 Å². The van der Waals surface area contributed by atoms with E-state index in [1.165, 1.54) is 23.1 Å². The number of ether oxygens (including phenoxy) is 2. The average molecular weight is 500 g/mol. The van der Waals surface area contributed by atoms with Gasteiger partial charge in [0.15, 0.2) is 5.16 Å². The predicted octanol–water partition coefficient (Wildman–Crippen LogP) is 3.95. The average Bonchev–Trinajstić information content (AvgIpc) is 3.15. The quantitative estimate of drug-likeness (QED) is 0.400. The standard InChI is InChI=1S/C25H29N3O4S2/c1-15-6-5-7-17(12-15)28-23(30)20-18-13-25(3,4)32-14-19(18)34-21(20)26-24(28)33-16(2)22(29)27-8-10-31-11-9-27/h5-7,12,16H,8-11,13-14H2,1-4H3/t16-/m0/s1. The number of amides is 1. The highest BCUT2D eigenvalue weighted by Gasteiger charge is 2.32. The number of hydrogen-bond donors (Lipinski definition) is 0. The van der Waals surface area contributed by atoms with Crippen molar-refractivity contribution >= 4 is 39.2 Å². The molecule has 3 aromatic rings. The first-order chi connectivity index (χ1) is 16.2. The van der Waals surface area contributed by atoms with E-state index in [4.69, 9.17) is 14.5 Å². The van der Waals surface area contributed by atoms with Gasteiger partial charge in [-0.15, -0.1) is 11.3 Å². The fraction of sp³-hybridized carbons (Fsp3) is 0.480. The summed E-state index contributed by atoms with van der Waals surface area (Å²) in [5.74, 6) is 0.0408. The van der Waals surface area contributed by atoms with Gasteiger partial charge in [0.2, 0.25) is 5.91 Å². The molecule has 2 aromatic heterocycles. The van der Waals surface area contributed by atoms with Crippen molar-refractivity contribution in [2.75, 3.05) is 26.3 Å². The molecule has 0 aliphatic carbocycles. The zero-order valence-corrected chi connectivity index (χ0v) is 21.6. The van der Waals surface area contributed by atoms with Crippen molar-refractivity contribution in [3.8, 4) is 5.69 Å². The van der Waals surface area contributed by atoms with Crippen LogP contribution in [0.1, 0.15) is 36.8 Å². The molecule has 1 fully saturated rings. The van der Waals surface area contributed by atoms with Gasteiger partial charge in [-0.05, 0) is 51.0 Å². The number of aryl methyl sites for hydroxylation is 1. The fourth-order valence-corrected chi connectivity index (χ4v) is 6.65. The number of morpholine rings is 1. The van der Waals surface area contributed by atoms with Crippen LogP contribution in [-0.2, 0) is 27.3 Å². The lowest BCUT2D eigenvalue weighted by Crippen LogP contribution is -2.44. The fourth-order valence-electron chi connectivity index (χ4n) is 4.50. The minimum absolute atomic E-state index is 0.0408. The molecule has 0 bridgehead atoms. The maximum absolute atomic E-state index is 14.0. The van der Waals surface area contributed by atoms with Crippen LogP contribution >= 0.6 is 23.1 Å². The molecule has 0 radical (unpaired) electrons. The van der Waals surface area contributed by atoms with Crippen molar-refractivity contribution in [1.29, 1.82) is 0 Å². The number of aromatic nitrogens is 2. The largest absolute Gasteiger partial charge is 0.378 e. The number of carbonyl (C=O) groups excluding carboxylic acids is 1. The summed E-state index contributed by atoms with van der Waals surface area (Å²) in [5.41, 5.74) is 2.45. The van der Waals surface area contributed by atoms with Crippen LogP contribution in [0.25, 0.3) is 15.9 Å². The molecule has 1 atom stereocenters. The van der Waals surface area contributed by atoms with E-state index in [0.717, 1.165) is 21.7 Å². The first kappa shape index (κ1) is 23.5. The van der Waals surface area contributed by atoms with Crippen molar-refractivity contribution in [3.05, 3.63) is 50.6 Å². The molecular formula is C25H29N3O4S2. The highest BCUT2D eigenvalue weighted by atomic mass is 32.2. The Kier molecular flexibility index (Phi) is 6.31. The van der Waals surface area contributed by atoms with Gasteiger partial charge < -0.3 is 14.4 Å². The van der Waals surface area contributed by atoms with E-state index in [9.17, 15) is 9.59 Å². The van der Waals surface area contributed by atoms with Crippen molar-refractivity contribution in [2.45, 2.75) is 56.7 Å². The minimum Gasteiger partial charge on any atom is -0.378 e. The van der Waals surface area contributed by atoms with Gasteiger partial charge >= 0.3 is 0 Å². The third kappa shape index (κ3) is 4.42. The number of benzene rings is 1. The van der Waals surface area contributed by atoms with Gasteiger partial charge in [-0.25, -0.2) is 4.98 Å². The lowest BCUT2D eigenvalue weighted by Gasteiger charge is -2.30. The van der Waals surface area contributed by atoms with Gasteiger partial charge in [0, 0.05) is 24.4 Å². The Balaban J connectivity index is 1.62. The molecule has 2 aliphatic rings. The molecule has 5 rings (SSSR count). The molecule has 0 unspecified atom stereocenters. The Hall–Kier alpha value is -2.20. The van der Waals surface area contributed by atoms with Crippen LogP contribution in [0.2, 0.25) is 0 Å². The van der Waals surface area contributed by atoms with Crippen LogP contribution < -0.4 is 5.56 Å². The van der Waals surface area contributed by atoms with Gasteiger partial charge in [0.25, 0.3) is 5.56 Å². The molecule has 1 saturated heterocycles. The van der Waals surface area contributed by atoms with Crippen molar-refractivity contribution in [2.24, 2.45) is 0 Å². The highest BCUT2D eigenvalue weighted by Crippen LogP contribution is 2.38. The van der Waals surface area contributed by atoms with Crippen LogP contribution in [0.5, 0.6) is 0 Å². The second-order valence-electron chi connectivity index (χ2n) is 9.48. The van der Waals surface area contributed by atoms with Gasteiger partial charge in [0.1, 0.15) is 4.83 Å². The molecular weight excluding hydrogens is 470 g/mol. The predicted molar refractivity (Wildman–Crippen MR) is 135 cm³/mol. The number of thioether (sulfide) groups is 1. The Labute approximate surface area is 207 Å². The molecule has 180 valence electrons. The molecule has 1 aromatic carbocycles. The Morgan fingerprint density at radius 1 is 1.26 bits per heavy atom. The topological polar surface area (TPSA) is 73.7 Å². The Morgan fingerprint density at radius 2 is 2.03 bits per heavy atom. The van der Waals surface area contributed by atoms with E-state index < -0.39 is 0 Å². The molecule has 0 saturated carbocycles. The lowest BCUT2D eigenvalue weighted by atomic mass is 9.94. The number of thiophene rings is 1. The van der Waals surface area contributed by atoms with Gasteiger partial charge in [-0.3, -0.25) is 14.2 Å². The molecule has 7 nitrogen and oxygen atoms in total. The third-order valence-electron chi connectivity index (χ3n) is 6.29. The summed E-state index contributed by atoms with van der Waals surface area (Å²) in [6.45, 7) is 10.8. The van der Waals surface area contributed by atoms with Crippen LogP contribution in [0.15, 0.2) is 34.2 Å². The Morgan fingerprint density at radius 3 is 2.76 bits per heavy atom. The zero-order chi connectivity index (χ0) is 24.0. The van der Waals surface area contributed by atoms with E-state index in [2.05, 4.69) is 13.8 Å². The maximum atomic E-state index is 14.0.